The zero-order valence-corrected chi connectivity index (χ0v) is 13.1. The summed E-state index contributed by atoms with van der Waals surface area (Å²) in [7, 11) is 0. The maximum absolute atomic E-state index is 13.7. The van der Waals surface area contributed by atoms with Crippen molar-refractivity contribution in [2.45, 2.75) is 12.7 Å². The molecule has 0 spiro atoms. The van der Waals surface area contributed by atoms with Crippen LogP contribution < -0.4 is 5.73 Å². The quantitative estimate of drug-likeness (QED) is 0.715. The zero-order chi connectivity index (χ0) is 18.9. The molecule has 0 radical (unpaired) electrons. The lowest BCUT2D eigenvalue weighted by Gasteiger charge is -2.11. The van der Waals surface area contributed by atoms with E-state index in [1.54, 1.807) is 0 Å². The van der Waals surface area contributed by atoms with Crippen molar-refractivity contribution in [3.05, 3.63) is 53.9 Å². The van der Waals surface area contributed by atoms with Crippen LogP contribution in [0.5, 0.6) is 0 Å². The van der Waals surface area contributed by atoms with E-state index in [0.717, 1.165) is 35.2 Å². The number of halogens is 5. The normalized spacial score (nSPS) is 12.8. The van der Waals surface area contributed by atoms with Crippen molar-refractivity contribution in [2.75, 3.05) is 6.54 Å². The van der Waals surface area contributed by atoms with Gasteiger partial charge in [0.25, 0.3) is 0 Å². The summed E-state index contributed by atoms with van der Waals surface area (Å²) in [6, 6.07) is 2.70. The van der Waals surface area contributed by atoms with Crippen LogP contribution >= 0.6 is 0 Å². The minimum absolute atomic E-state index is 0.00344. The number of pyridine rings is 1. The third-order valence-electron chi connectivity index (χ3n) is 3.60. The van der Waals surface area contributed by atoms with Gasteiger partial charge in [0.15, 0.2) is 0 Å². The molecule has 5 nitrogen and oxygen atoms in total. The second-order valence-corrected chi connectivity index (χ2v) is 5.41. The van der Waals surface area contributed by atoms with Gasteiger partial charge >= 0.3 is 6.18 Å². The SMILES string of the molecule is NC/C=C(\F)Cn1nnc2c(-c3cncc(F)c3)cc(C(F)(F)F)cc21. The standard InChI is InChI=1S/C16H12F5N5/c17-11(1-2-22)8-26-14-5-10(16(19,20)21)4-13(15(14)24-25-26)9-3-12(18)7-23-6-9/h1,3-7H,2,8,22H2/b11-1-. The molecule has 2 aromatic heterocycles. The van der Waals surface area contributed by atoms with Crippen molar-refractivity contribution < 1.29 is 22.0 Å². The second-order valence-electron chi connectivity index (χ2n) is 5.41. The number of alkyl halides is 3. The Labute approximate surface area is 143 Å². The highest BCUT2D eigenvalue weighted by atomic mass is 19.4. The van der Waals surface area contributed by atoms with Crippen LogP contribution in [-0.4, -0.2) is 26.5 Å². The van der Waals surface area contributed by atoms with Crippen LogP contribution in [0.2, 0.25) is 0 Å². The number of aromatic nitrogens is 4. The van der Waals surface area contributed by atoms with E-state index in [4.69, 9.17) is 5.73 Å². The number of benzene rings is 1. The fraction of sp³-hybridized carbons (Fsp3) is 0.188. The van der Waals surface area contributed by atoms with Crippen molar-refractivity contribution in [3.63, 3.8) is 0 Å². The zero-order valence-electron chi connectivity index (χ0n) is 13.1. The largest absolute Gasteiger partial charge is 0.416 e. The minimum atomic E-state index is -4.66. The predicted molar refractivity (Wildman–Crippen MR) is 84.0 cm³/mol. The molecule has 0 aliphatic heterocycles. The van der Waals surface area contributed by atoms with Gasteiger partial charge < -0.3 is 5.73 Å². The summed E-state index contributed by atoms with van der Waals surface area (Å²) in [5, 5.41) is 7.54. The number of rotatable bonds is 4. The van der Waals surface area contributed by atoms with E-state index in [9.17, 15) is 22.0 Å². The molecular formula is C16H12F5N5. The highest BCUT2D eigenvalue weighted by molar-refractivity contribution is 5.92. The van der Waals surface area contributed by atoms with Gasteiger partial charge in [-0.25, -0.2) is 13.5 Å². The average Bonchev–Trinajstić information content (AvgIpc) is 2.96. The van der Waals surface area contributed by atoms with E-state index in [0.29, 0.717) is 0 Å². The molecule has 0 saturated heterocycles. The Bertz CT molecular complexity index is 977. The average molecular weight is 369 g/mol. The van der Waals surface area contributed by atoms with Gasteiger partial charge in [0.1, 0.15) is 17.2 Å². The molecule has 0 aliphatic carbocycles. The summed E-state index contributed by atoms with van der Waals surface area (Å²) in [5.74, 6) is -1.37. The van der Waals surface area contributed by atoms with E-state index in [-0.39, 0.29) is 28.7 Å². The Morgan fingerprint density at radius 2 is 1.96 bits per heavy atom. The van der Waals surface area contributed by atoms with Crippen molar-refractivity contribution in [3.8, 4) is 11.1 Å². The Morgan fingerprint density at radius 3 is 2.62 bits per heavy atom. The van der Waals surface area contributed by atoms with Gasteiger partial charge in [0, 0.05) is 23.9 Å². The summed E-state index contributed by atoms with van der Waals surface area (Å²) in [5.41, 5.74) is 4.36. The maximum atomic E-state index is 13.7. The molecule has 2 heterocycles. The van der Waals surface area contributed by atoms with Crippen molar-refractivity contribution >= 4 is 11.0 Å². The Hall–Kier alpha value is -2.88. The van der Waals surface area contributed by atoms with Crippen molar-refractivity contribution in [1.29, 1.82) is 0 Å². The van der Waals surface area contributed by atoms with Gasteiger partial charge in [-0.3, -0.25) is 4.98 Å². The number of nitrogens with two attached hydrogens (primary N) is 1. The molecule has 26 heavy (non-hydrogen) atoms. The van der Waals surface area contributed by atoms with E-state index in [2.05, 4.69) is 15.3 Å². The predicted octanol–water partition coefficient (Wildman–Crippen LogP) is 3.46. The first-order valence-electron chi connectivity index (χ1n) is 7.39. The van der Waals surface area contributed by atoms with E-state index >= 15 is 0 Å². The van der Waals surface area contributed by atoms with E-state index in [1.165, 1.54) is 6.20 Å². The summed E-state index contributed by atoms with van der Waals surface area (Å²) in [6.45, 7) is -0.484. The lowest BCUT2D eigenvalue weighted by molar-refractivity contribution is -0.137. The first-order chi connectivity index (χ1) is 12.3. The van der Waals surface area contributed by atoms with Crippen LogP contribution in [0.1, 0.15) is 5.56 Å². The monoisotopic (exact) mass is 369 g/mol. The molecule has 0 bridgehead atoms. The van der Waals surface area contributed by atoms with Crippen molar-refractivity contribution in [2.24, 2.45) is 5.73 Å². The maximum Gasteiger partial charge on any atom is 0.416 e. The Morgan fingerprint density at radius 1 is 1.19 bits per heavy atom. The van der Waals surface area contributed by atoms with Gasteiger partial charge in [-0.2, -0.15) is 13.2 Å². The number of hydrogen-bond donors (Lipinski definition) is 1. The number of hydrogen-bond acceptors (Lipinski definition) is 4. The molecule has 0 fully saturated rings. The number of allylic oxidation sites excluding steroid dienone is 1. The summed E-state index contributed by atoms with van der Waals surface area (Å²) in [6.07, 6.45) is -1.44. The van der Waals surface area contributed by atoms with Crippen molar-refractivity contribution in [1.82, 2.24) is 20.0 Å². The number of nitrogens with zero attached hydrogens (tertiary/aromatic N) is 4. The molecule has 0 aliphatic rings. The molecule has 0 saturated carbocycles. The van der Waals surface area contributed by atoms with Crippen LogP contribution in [0.3, 0.4) is 0 Å². The third kappa shape index (κ3) is 3.54. The minimum Gasteiger partial charge on any atom is -0.327 e. The first-order valence-corrected chi connectivity index (χ1v) is 7.39. The van der Waals surface area contributed by atoms with Crippen LogP contribution in [0.25, 0.3) is 22.2 Å². The van der Waals surface area contributed by atoms with Gasteiger partial charge in [0.05, 0.1) is 23.8 Å². The topological polar surface area (TPSA) is 69.6 Å². The third-order valence-corrected chi connectivity index (χ3v) is 3.60. The van der Waals surface area contributed by atoms with Gasteiger partial charge in [-0.1, -0.05) is 5.21 Å². The molecule has 136 valence electrons. The van der Waals surface area contributed by atoms with Gasteiger partial charge in [-0.05, 0) is 24.3 Å². The van der Waals surface area contributed by atoms with Gasteiger partial charge in [-0.15, -0.1) is 5.10 Å². The number of fused-ring (bicyclic) bond motifs is 1. The summed E-state index contributed by atoms with van der Waals surface area (Å²) < 4.78 is 68.0. The van der Waals surface area contributed by atoms with Crippen LogP contribution in [0.4, 0.5) is 22.0 Å². The molecule has 0 atom stereocenters. The fourth-order valence-corrected chi connectivity index (χ4v) is 2.46. The fourth-order valence-electron chi connectivity index (χ4n) is 2.46. The van der Waals surface area contributed by atoms with Crippen LogP contribution in [0, 0.1) is 5.82 Å². The van der Waals surface area contributed by atoms with Crippen LogP contribution in [0.15, 0.2) is 42.5 Å². The Balaban J connectivity index is 2.24. The van der Waals surface area contributed by atoms with E-state index < -0.39 is 29.9 Å². The lowest BCUT2D eigenvalue weighted by atomic mass is 10.0. The first kappa shape index (κ1) is 17.9. The lowest BCUT2D eigenvalue weighted by Crippen LogP contribution is -2.07. The Kier molecular flexibility index (Phi) is 4.68. The highest BCUT2D eigenvalue weighted by Gasteiger charge is 2.32. The molecule has 0 unspecified atom stereocenters. The molecule has 3 aromatic rings. The highest BCUT2D eigenvalue weighted by Crippen LogP contribution is 2.36. The molecule has 3 rings (SSSR count). The van der Waals surface area contributed by atoms with Gasteiger partial charge in [0.2, 0.25) is 0 Å². The molecular weight excluding hydrogens is 357 g/mol. The second kappa shape index (κ2) is 6.79. The molecule has 0 amide bonds. The van der Waals surface area contributed by atoms with Crippen LogP contribution in [-0.2, 0) is 12.7 Å². The molecule has 10 heteroatoms. The molecule has 1 aromatic carbocycles. The van der Waals surface area contributed by atoms with E-state index in [1.807, 2.05) is 0 Å². The molecule has 2 N–H and O–H groups in total. The smallest absolute Gasteiger partial charge is 0.327 e. The summed E-state index contributed by atoms with van der Waals surface area (Å²) in [4.78, 5) is 3.64. The summed E-state index contributed by atoms with van der Waals surface area (Å²) >= 11 is 0.